The van der Waals surface area contributed by atoms with Gasteiger partial charge in [0.1, 0.15) is 0 Å². The summed E-state index contributed by atoms with van der Waals surface area (Å²) in [6, 6.07) is 2.25. The number of fused-ring (bicyclic) bond motifs is 1. The average molecular weight is 180 g/mol. The second-order valence-electron chi connectivity index (χ2n) is 3.55. The zero-order chi connectivity index (χ0) is 9.26. The summed E-state index contributed by atoms with van der Waals surface area (Å²) in [6.07, 6.45) is 2.52. The van der Waals surface area contributed by atoms with E-state index in [1.165, 1.54) is 36.3 Å². The van der Waals surface area contributed by atoms with Gasteiger partial charge in [-0.05, 0) is 31.4 Å². The third-order valence-corrected chi connectivity index (χ3v) is 2.70. The molecule has 0 radical (unpaired) electrons. The Morgan fingerprint density at radius 1 is 1.62 bits per heavy atom. The number of nitrogens with zero attached hydrogens (tertiary/aromatic N) is 1. The zero-order valence-electron chi connectivity index (χ0n) is 8.26. The lowest BCUT2D eigenvalue weighted by Crippen LogP contribution is -2.14. The van der Waals surface area contributed by atoms with Gasteiger partial charge in [-0.1, -0.05) is 0 Å². The number of aromatic nitrogens is 1. The van der Waals surface area contributed by atoms with Crippen molar-refractivity contribution < 1.29 is 4.84 Å². The molecule has 0 amide bonds. The highest BCUT2D eigenvalue weighted by molar-refractivity contribution is 5.28. The molecule has 3 nitrogen and oxygen atoms in total. The molecule has 13 heavy (non-hydrogen) atoms. The number of hydrogen-bond donors (Lipinski definition) is 1. The molecule has 1 N–H and O–H groups in total. The first-order valence-electron chi connectivity index (χ1n) is 4.76. The minimum atomic E-state index is 0.803. The van der Waals surface area contributed by atoms with Gasteiger partial charge in [0.25, 0.3) is 0 Å². The number of aryl methyl sites for hydroxylation is 1. The topological polar surface area (TPSA) is 26.2 Å². The molecule has 0 aliphatic carbocycles. The minimum absolute atomic E-state index is 0.803. The van der Waals surface area contributed by atoms with Crippen LogP contribution in [-0.4, -0.2) is 11.7 Å². The molecule has 0 aromatic carbocycles. The quantitative estimate of drug-likeness (QED) is 0.711. The van der Waals surface area contributed by atoms with Crippen molar-refractivity contribution in [2.45, 2.75) is 32.9 Å². The van der Waals surface area contributed by atoms with E-state index in [0.717, 1.165) is 6.54 Å². The Kier molecular flexibility index (Phi) is 2.38. The zero-order valence-corrected chi connectivity index (χ0v) is 8.26. The van der Waals surface area contributed by atoms with Gasteiger partial charge in [0.05, 0.1) is 13.7 Å². The van der Waals surface area contributed by atoms with Crippen molar-refractivity contribution in [3.63, 3.8) is 0 Å². The molecule has 0 unspecified atom stereocenters. The van der Waals surface area contributed by atoms with Crippen LogP contribution >= 0.6 is 0 Å². The Labute approximate surface area is 78.7 Å². The van der Waals surface area contributed by atoms with Gasteiger partial charge in [0.2, 0.25) is 0 Å². The van der Waals surface area contributed by atoms with Crippen LogP contribution in [-0.2, 0) is 24.3 Å². The molecule has 0 fully saturated rings. The van der Waals surface area contributed by atoms with Crippen molar-refractivity contribution in [3.05, 3.63) is 23.0 Å². The second-order valence-corrected chi connectivity index (χ2v) is 3.55. The summed E-state index contributed by atoms with van der Waals surface area (Å²) in [5.74, 6) is 0. The van der Waals surface area contributed by atoms with Gasteiger partial charge >= 0.3 is 0 Å². The van der Waals surface area contributed by atoms with Crippen molar-refractivity contribution in [1.82, 2.24) is 10.0 Å². The highest BCUT2D eigenvalue weighted by atomic mass is 16.6. The van der Waals surface area contributed by atoms with E-state index in [0.29, 0.717) is 0 Å². The maximum Gasteiger partial charge on any atom is 0.0613 e. The van der Waals surface area contributed by atoms with Gasteiger partial charge in [-0.25, -0.2) is 0 Å². The Morgan fingerprint density at radius 2 is 2.46 bits per heavy atom. The standard InChI is InChI=1S/C10H16N2O/c1-8-6-9(7-11-13-2)12-5-3-4-10(8)12/h6,11H,3-5,7H2,1-2H3. The molecular formula is C10H16N2O. The van der Waals surface area contributed by atoms with Gasteiger partial charge in [0.15, 0.2) is 0 Å². The highest BCUT2D eigenvalue weighted by Crippen LogP contribution is 2.23. The van der Waals surface area contributed by atoms with Gasteiger partial charge in [-0.15, -0.1) is 0 Å². The van der Waals surface area contributed by atoms with Gasteiger partial charge in [0, 0.05) is 17.9 Å². The van der Waals surface area contributed by atoms with Crippen molar-refractivity contribution in [2.24, 2.45) is 0 Å². The van der Waals surface area contributed by atoms with Crippen molar-refractivity contribution >= 4 is 0 Å². The third-order valence-electron chi connectivity index (χ3n) is 2.70. The molecule has 2 rings (SSSR count). The summed E-state index contributed by atoms with van der Waals surface area (Å²) < 4.78 is 2.40. The van der Waals surface area contributed by atoms with Crippen LogP contribution < -0.4 is 5.48 Å². The average Bonchev–Trinajstić information content (AvgIpc) is 2.67. The number of rotatable bonds is 3. The maximum atomic E-state index is 4.85. The molecule has 0 atom stereocenters. The SMILES string of the molecule is CONCc1cc(C)c2n1CCC2. The number of nitrogens with one attached hydrogen (secondary N) is 1. The Bertz CT molecular complexity index is 304. The minimum Gasteiger partial charge on any atom is -0.347 e. The maximum absolute atomic E-state index is 4.85. The largest absolute Gasteiger partial charge is 0.347 e. The summed E-state index contributed by atoms with van der Waals surface area (Å²) in [6.45, 7) is 4.16. The summed E-state index contributed by atoms with van der Waals surface area (Å²) >= 11 is 0. The van der Waals surface area contributed by atoms with Crippen LogP contribution in [0.15, 0.2) is 6.07 Å². The van der Waals surface area contributed by atoms with Crippen LogP contribution in [0, 0.1) is 6.92 Å². The summed E-state index contributed by atoms with van der Waals surface area (Å²) in [5.41, 5.74) is 7.16. The van der Waals surface area contributed by atoms with Gasteiger partial charge in [-0.2, -0.15) is 5.48 Å². The molecule has 1 aromatic rings. The van der Waals surface area contributed by atoms with Gasteiger partial charge in [-0.3, -0.25) is 0 Å². The van der Waals surface area contributed by atoms with E-state index in [-0.39, 0.29) is 0 Å². The predicted octanol–water partition coefficient (Wildman–Crippen LogP) is 1.39. The summed E-state index contributed by atoms with van der Waals surface area (Å²) in [7, 11) is 1.65. The van der Waals surface area contributed by atoms with Crippen LogP contribution in [0.3, 0.4) is 0 Å². The lowest BCUT2D eigenvalue weighted by molar-refractivity contribution is 0.0851. The monoisotopic (exact) mass is 180 g/mol. The third kappa shape index (κ3) is 1.49. The second kappa shape index (κ2) is 3.52. The predicted molar refractivity (Wildman–Crippen MR) is 51.3 cm³/mol. The van der Waals surface area contributed by atoms with Crippen molar-refractivity contribution in [3.8, 4) is 0 Å². The van der Waals surface area contributed by atoms with E-state index in [4.69, 9.17) is 4.84 Å². The summed E-state index contributed by atoms with van der Waals surface area (Å²) in [5, 5.41) is 0. The van der Waals surface area contributed by atoms with Crippen molar-refractivity contribution in [2.75, 3.05) is 7.11 Å². The molecule has 0 spiro atoms. The van der Waals surface area contributed by atoms with E-state index < -0.39 is 0 Å². The highest BCUT2D eigenvalue weighted by Gasteiger charge is 2.16. The smallest absolute Gasteiger partial charge is 0.0613 e. The fraction of sp³-hybridized carbons (Fsp3) is 0.600. The van der Waals surface area contributed by atoms with Gasteiger partial charge < -0.3 is 9.40 Å². The fourth-order valence-corrected chi connectivity index (χ4v) is 2.11. The molecule has 2 heterocycles. The number of hydroxylamine groups is 1. The lowest BCUT2D eigenvalue weighted by atomic mass is 10.2. The van der Waals surface area contributed by atoms with Crippen LogP contribution in [0.1, 0.15) is 23.4 Å². The van der Waals surface area contributed by atoms with Crippen LogP contribution in [0.2, 0.25) is 0 Å². The molecule has 1 aliphatic rings. The normalized spacial score (nSPS) is 14.9. The molecule has 3 heteroatoms. The van der Waals surface area contributed by atoms with Crippen LogP contribution in [0.25, 0.3) is 0 Å². The first-order chi connectivity index (χ1) is 6.33. The van der Waals surface area contributed by atoms with E-state index in [1.807, 2.05) is 0 Å². The molecular weight excluding hydrogens is 164 g/mol. The summed E-state index contributed by atoms with van der Waals surface area (Å²) in [4.78, 5) is 4.85. The van der Waals surface area contributed by atoms with Crippen molar-refractivity contribution in [1.29, 1.82) is 0 Å². The molecule has 1 aromatic heterocycles. The first-order valence-corrected chi connectivity index (χ1v) is 4.76. The van der Waals surface area contributed by atoms with E-state index >= 15 is 0 Å². The Morgan fingerprint density at radius 3 is 3.23 bits per heavy atom. The molecule has 1 aliphatic heterocycles. The molecule has 0 saturated heterocycles. The Balaban J connectivity index is 2.21. The van der Waals surface area contributed by atoms with E-state index in [9.17, 15) is 0 Å². The fourth-order valence-electron chi connectivity index (χ4n) is 2.11. The lowest BCUT2D eigenvalue weighted by Gasteiger charge is -2.05. The number of hydrogen-bond acceptors (Lipinski definition) is 2. The van der Waals surface area contributed by atoms with E-state index in [1.54, 1.807) is 7.11 Å². The van der Waals surface area contributed by atoms with E-state index in [2.05, 4.69) is 23.0 Å². The molecule has 0 saturated carbocycles. The Hall–Kier alpha value is -0.800. The van der Waals surface area contributed by atoms with Crippen LogP contribution in [0.5, 0.6) is 0 Å². The van der Waals surface area contributed by atoms with Crippen LogP contribution in [0.4, 0.5) is 0 Å². The first kappa shape index (κ1) is 8.78. The molecule has 72 valence electrons. The molecule has 0 bridgehead atoms.